The Hall–Kier alpha value is -3.48. The average Bonchev–Trinajstić information content (AvgIpc) is 2.68. The molecule has 1 aromatic carbocycles. The highest BCUT2D eigenvalue weighted by atomic mass is 16.6. The van der Waals surface area contributed by atoms with Crippen molar-refractivity contribution in [3.63, 3.8) is 0 Å². The van der Waals surface area contributed by atoms with E-state index < -0.39 is 11.7 Å². The van der Waals surface area contributed by atoms with Gasteiger partial charge in [0.1, 0.15) is 11.4 Å². The van der Waals surface area contributed by atoms with Crippen LogP contribution in [0.5, 0.6) is 5.88 Å². The number of methoxy groups -OCH3 is 1. The number of rotatable bonds is 5. The molecule has 2 heterocycles. The summed E-state index contributed by atoms with van der Waals surface area (Å²) >= 11 is 0. The maximum absolute atomic E-state index is 12.3. The van der Waals surface area contributed by atoms with Gasteiger partial charge in [-0.15, -0.1) is 0 Å². The van der Waals surface area contributed by atoms with Crippen LogP contribution in [-0.4, -0.2) is 33.8 Å². The van der Waals surface area contributed by atoms with E-state index in [1.807, 2.05) is 36.4 Å². The van der Waals surface area contributed by atoms with Gasteiger partial charge in [0.2, 0.25) is 5.88 Å². The number of carbonyl (C=O) groups excluding carboxylic acids is 1. The van der Waals surface area contributed by atoms with E-state index in [0.29, 0.717) is 29.4 Å². The molecule has 0 aliphatic heterocycles. The van der Waals surface area contributed by atoms with Gasteiger partial charge in [-0.1, -0.05) is 30.3 Å². The summed E-state index contributed by atoms with van der Waals surface area (Å²) in [6, 6.07) is 11.9. The predicted octanol–water partition coefficient (Wildman–Crippen LogP) is 4.49. The second kappa shape index (κ2) is 8.68. The Morgan fingerprint density at radius 3 is 2.52 bits per heavy atom. The fourth-order valence-corrected chi connectivity index (χ4v) is 2.79. The smallest absolute Gasteiger partial charge is 0.413 e. The molecule has 0 saturated carbocycles. The summed E-state index contributed by atoms with van der Waals surface area (Å²) in [7, 11) is 1.55. The van der Waals surface area contributed by atoms with Crippen molar-refractivity contribution in [2.75, 3.05) is 12.4 Å². The zero-order valence-corrected chi connectivity index (χ0v) is 17.0. The van der Waals surface area contributed by atoms with Crippen molar-refractivity contribution in [1.29, 1.82) is 0 Å². The van der Waals surface area contributed by atoms with E-state index in [1.54, 1.807) is 46.5 Å². The van der Waals surface area contributed by atoms with E-state index in [0.717, 1.165) is 11.1 Å². The molecule has 3 aromatic rings. The van der Waals surface area contributed by atoms with E-state index in [2.05, 4.69) is 20.3 Å². The minimum absolute atomic E-state index is 0.299. The number of ether oxygens (including phenoxy) is 2. The second-order valence-electron chi connectivity index (χ2n) is 7.43. The van der Waals surface area contributed by atoms with E-state index >= 15 is 0 Å². The number of carbonyl (C=O) groups is 1. The van der Waals surface area contributed by atoms with Crippen molar-refractivity contribution >= 4 is 11.9 Å². The zero-order chi connectivity index (χ0) is 20.9. The minimum atomic E-state index is -0.631. The molecule has 29 heavy (non-hydrogen) atoms. The third kappa shape index (κ3) is 5.51. The fraction of sp³-hybridized carbons (Fsp3) is 0.273. The number of anilines is 1. The first-order valence-corrected chi connectivity index (χ1v) is 9.24. The quantitative estimate of drug-likeness (QED) is 0.689. The third-order valence-corrected chi connectivity index (χ3v) is 3.95. The molecule has 0 radical (unpaired) electrons. The lowest BCUT2D eigenvalue weighted by molar-refractivity contribution is 0.0635. The van der Waals surface area contributed by atoms with Gasteiger partial charge < -0.3 is 9.47 Å². The lowest BCUT2D eigenvalue weighted by Gasteiger charge is -2.20. The Bertz CT molecular complexity index is 971. The van der Waals surface area contributed by atoms with Crippen LogP contribution in [0.15, 0.2) is 55.0 Å². The molecule has 2 aromatic heterocycles. The molecule has 0 saturated heterocycles. The summed E-state index contributed by atoms with van der Waals surface area (Å²) < 4.78 is 10.9. The molecule has 0 aliphatic carbocycles. The van der Waals surface area contributed by atoms with Crippen molar-refractivity contribution < 1.29 is 14.3 Å². The van der Waals surface area contributed by atoms with Crippen LogP contribution in [0.2, 0.25) is 0 Å². The predicted molar refractivity (Wildman–Crippen MR) is 111 cm³/mol. The molecular formula is C22H24N4O3. The van der Waals surface area contributed by atoms with Gasteiger partial charge in [0, 0.05) is 29.9 Å². The molecule has 0 bridgehead atoms. The Morgan fingerprint density at radius 2 is 1.90 bits per heavy atom. The number of aromatic nitrogens is 3. The zero-order valence-electron chi connectivity index (χ0n) is 17.0. The molecule has 1 amide bonds. The molecule has 3 rings (SSSR count). The number of amides is 1. The maximum atomic E-state index is 12.3. The topological polar surface area (TPSA) is 86.2 Å². The lowest BCUT2D eigenvalue weighted by atomic mass is 10.0. The second-order valence-corrected chi connectivity index (χ2v) is 7.43. The summed E-state index contributed by atoms with van der Waals surface area (Å²) in [6.07, 6.45) is 4.82. The van der Waals surface area contributed by atoms with Crippen molar-refractivity contribution in [3.8, 4) is 17.1 Å². The molecule has 0 fully saturated rings. The van der Waals surface area contributed by atoms with Gasteiger partial charge in [0.15, 0.2) is 0 Å². The summed E-state index contributed by atoms with van der Waals surface area (Å²) in [5.74, 6) is 0.723. The average molecular weight is 392 g/mol. The standard InChI is InChI=1S/C22H24N4O3/c1-22(2,3)29-21(27)26-19-17(18-14-23-10-11-24-18)13-16(20(25-19)28-4)12-15-8-6-5-7-9-15/h5-11,13-14H,12H2,1-4H3,(H,25,26,27). The van der Waals surface area contributed by atoms with Gasteiger partial charge in [0.05, 0.1) is 19.0 Å². The van der Waals surface area contributed by atoms with E-state index in [1.165, 1.54) is 0 Å². The Balaban J connectivity index is 2.03. The highest BCUT2D eigenvalue weighted by molar-refractivity contribution is 5.89. The summed E-state index contributed by atoms with van der Waals surface area (Å²) in [4.78, 5) is 25.4. The Labute approximate surface area is 170 Å². The number of hydrogen-bond acceptors (Lipinski definition) is 6. The van der Waals surface area contributed by atoms with Crippen molar-refractivity contribution in [3.05, 3.63) is 66.1 Å². The molecule has 0 spiro atoms. The molecular weight excluding hydrogens is 368 g/mol. The highest BCUT2D eigenvalue weighted by Gasteiger charge is 2.21. The van der Waals surface area contributed by atoms with Crippen molar-refractivity contribution in [2.24, 2.45) is 0 Å². The van der Waals surface area contributed by atoms with Crippen LogP contribution in [-0.2, 0) is 11.2 Å². The molecule has 0 unspecified atom stereocenters. The van der Waals surface area contributed by atoms with Crippen LogP contribution < -0.4 is 10.1 Å². The van der Waals surface area contributed by atoms with Gasteiger partial charge in [-0.05, 0) is 32.4 Å². The lowest BCUT2D eigenvalue weighted by Crippen LogP contribution is -2.27. The van der Waals surface area contributed by atoms with Crippen LogP contribution in [0, 0.1) is 0 Å². The molecule has 1 N–H and O–H groups in total. The minimum Gasteiger partial charge on any atom is -0.481 e. The van der Waals surface area contributed by atoms with Gasteiger partial charge in [-0.2, -0.15) is 4.98 Å². The summed E-state index contributed by atoms with van der Waals surface area (Å²) in [5.41, 5.74) is 2.58. The van der Waals surface area contributed by atoms with Crippen LogP contribution in [0.1, 0.15) is 31.9 Å². The van der Waals surface area contributed by atoms with E-state index in [9.17, 15) is 4.79 Å². The number of hydrogen-bond donors (Lipinski definition) is 1. The number of nitrogens with one attached hydrogen (secondary N) is 1. The third-order valence-electron chi connectivity index (χ3n) is 3.95. The van der Waals surface area contributed by atoms with Crippen LogP contribution in [0.3, 0.4) is 0 Å². The Kier molecular flexibility index (Phi) is 6.07. The van der Waals surface area contributed by atoms with Crippen molar-refractivity contribution in [2.45, 2.75) is 32.8 Å². The van der Waals surface area contributed by atoms with Gasteiger partial charge in [-0.3, -0.25) is 15.3 Å². The first-order valence-electron chi connectivity index (χ1n) is 9.24. The summed E-state index contributed by atoms with van der Waals surface area (Å²) in [5, 5.41) is 2.71. The number of benzene rings is 1. The normalized spacial score (nSPS) is 11.0. The van der Waals surface area contributed by atoms with Gasteiger partial charge >= 0.3 is 6.09 Å². The van der Waals surface area contributed by atoms with Gasteiger partial charge in [0.25, 0.3) is 0 Å². The van der Waals surface area contributed by atoms with Crippen LogP contribution >= 0.6 is 0 Å². The number of nitrogens with zero attached hydrogens (tertiary/aromatic N) is 3. The van der Waals surface area contributed by atoms with E-state index in [4.69, 9.17) is 9.47 Å². The molecule has 0 aliphatic rings. The van der Waals surface area contributed by atoms with Crippen LogP contribution in [0.25, 0.3) is 11.3 Å². The van der Waals surface area contributed by atoms with E-state index in [-0.39, 0.29) is 0 Å². The van der Waals surface area contributed by atoms with Crippen molar-refractivity contribution in [1.82, 2.24) is 15.0 Å². The molecule has 150 valence electrons. The van der Waals surface area contributed by atoms with Gasteiger partial charge in [-0.25, -0.2) is 4.79 Å². The van der Waals surface area contributed by atoms with Crippen LogP contribution in [0.4, 0.5) is 10.6 Å². The highest BCUT2D eigenvalue weighted by Crippen LogP contribution is 2.32. The molecule has 0 atom stereocenters. The number of pyridine rings is 1. The first kappa shape index (κ1) is 20.3. The molecule has 7 heteroatoms. The first-order chi connectivity index (χ1) is 13.9. The SMILES string of the molecule is COc1nc(NC(=O)OC(C)(C)C)c(-c2cnccn2)cc1Cc1ccccc1. The Morgan fingerprint density at radius 1 is 1.14 bits per heavy atom. The maximum Gasteiger partial charge on any atom is 0.413 e. The molecule has 7 nitrogen and oxygen atoms in total. The summed E-state index contributed by atoms with van der Waals surface area (Å²) in [6.45, 7) is 5.40. The largest absolute Gasteiger partial charge is 0.481 e. The monoisotopic (exact) mass is 392 g/mol. The fourth-order valence-electron chi connectivity index (χ4n) is 2.79.